The van der Waals surface area contributed by atoms with Crippen LogP contribution in [0.15, 0.2) is 55.1 Å². The standard InChI is InChI=1S/C16H16O2.C2H6/c1-4-12-13(5-2)16(10-18-11(3)17)15-9-7-6-8-14(12)15;1-2/h4-9,16H,1-2,10H2,3H3;1-2H3. The second-order valence-electron chi connectivity index (χ2n) is 4.22. The Balaban J connectivity index is 0.000000956. The van der Waals surface area contributed by atoms with Crippen LogP contribution >= 0.6 is 0 Å². The lowest BCUT2D eigenvalue weighted by Gasteiger charge is -2.14. The molecule has 1 unspecified atom stereocenters. The highest BCUT2D eigenvalue weighted by molar-refractivity contribution is 5.86. The highest BCUT2D eigenvalue weighted by Crippen LogP contribution is 2.42. The predicted octanol–water partition coefficient (Wildman–Crippen LogP) is 4.50. The van der Waals surface area contributed by atoms with Gasteiger partial charge in [-0.15, -0.1) is 0 Å². The summed E-state index contributed by atoms with van der Waals surface area (Å²) >= 11 is 0. The zero-order valence-electron chi connectivity index (χ0n) is 12.5. The number of rotatable bonds is 4. The highest BCUT2D eigenvalue weighted by Gasteiger charge is 2.28. The smallest absolute Gasteiger partial charge is 0.302 e. The number of fused-ring (bicyclic) bond motifs is 1. The Kier molecular flexibility index (Phi) is 5.98. The molecule has 1 atom stereocenters. The fraction of sp³-hybridized carbons (Fsp3) is 0.278. The van der Waals surface area contributed by atoms with Gasteiger partial charge in [-0.05, 0) is 22.3 Å². The van der Waals surface area contributed by atoms with Gasteiger partial charge in [0.1, 0.15) is 6.61 Å². The molecule has 20 heavy (non-hydrogen) atoms. The molecule has 0 spiro atoms. The monoisotopic (exact) mass is 270 g/mol. The van der Waals surface area contributed by atoms with Gasteiger partial charge in [-0.1, -0.05) is 63.4 Å². The third-order valence-electron chi connectivity index (χ3n) is 3.19. The average Bonchev–Trinajstić information content (AvgIpc) is 2.79. The first kappa shape index (κ1) is 16.0. The van der Waals surface area contributed by atoms with E-state index >= 15 is 0 Å². The molecule has 1 aromatic rings. The zero-order valence-corrected chi connectivity index (χ0v) is 12.5. The van der Waals surface area contributed by atoms with Crippen LogP contribution in [0, 0.1) is 0 Å². The molecule has 0 aromatic heterocycles. The minimum Gasteiger partial charge on any atom is -0.465 e. The molecule has 106 valence electrons. The molecule has 2 heteroatoms. The van der Waals surface area contributed by atoms with Gasteiger partial charge >= 0.3 is 5.97 Å². The Morgan fingerprint density at radius 2 is 1.90 bits per heavy atom. The number of benzene rings is 1. The summed E-state index contributed by atoms with van der Waals surface area (Å²) in [4.78, 5) is 11.0. The molecule has 0 radical (unpaired) electrons. The largest absolute Gasteiger partial charge is 0.465 e. The molecule has 0 heterocycles. The van der Waals surface area contributed by atoms with Crippen LogP contribution in [0.25, 0.3) is 5.57 Å². The van der Waals surface area contributed by atoms with Crippen molar-refractivity contribution < 1.29 is 9.53 Å². The second kappa shape index (κ2) is 7.49. The lowest BCUT2D eigenvalue weighted by atomic mass is 9.96. The average molecular weight is 270 g/mol. The van der Waals surface area contributed by atoms with E-state index < -0.39 is 0 Å². The van der Waals surface area contributed by atoms with E-state index in [1.807, 2.05) is 38.1 Å². The Hall–Kier alpha value is -2.09. The van der Waals surface area contributed by atoms with Crippen molar-refractivity contribution in [1.82, 2.24) is 0 Å². The van der Waals surface area contributed by atoms with E-state index in [9.17, 15) is 4.79 Å². The van der Waals surface area contributed by atoms with Gasteiger partial charge in [-0.3, -0.25) is 4.79 Å². The summed E-state index contributed by atoms with van der Waals surface area (Å²) in [6.07, 6.45) is 3.66. The molecular weight excluding hydrogens is 248 g/mol. The van der Waals surface area contributed by atoms with Gasteiger partial charge in [0.25, 0.3) is 0 Å². The van der Waals surface area contributed by atoms with E-state index in [1.54, 1.807) is 0 Å². The molecular formula is C18H22O2. The van der Waals surface area contributed by atoms with Gasteiger partial charge < -0.3 is 4.74 Å². The predicted molar refractivity (Wildman–Crippen MR) is 84.5 cm³/mol. The first-order valence-electron chi connectivity index (χ1n) is 6.90. The Labute approximate surface area is 121 Å². The minimum absolute atomic E-state index is 0.0654. The number of hydrogen-bond acceptors (Lipinski definition) is 2. The fourth-order valence-corrected chi connectivity index (χ4v) is 2.42. The summed E-state index contributed by atoms with van der Waals surface area (Å²) in [5.41, 5.74) is 4.48. The van der Waals surface area contributed by atoms with Crippen molar-refractivity contribution in [2.45, 2.75) is 26.7 Å². The van der Waals surface area contributed by atoms with Crippen molar-refractivity contribution >= 4 is 11.5 Å². The maximum atomic E-state index is 11.0. The summed E-state index contributed by atoms with van der Waals surface area (Å²) in [6.45, 7) is 13.5. The molecule has 2 nitrogen and oxygen atoms in total. The van der Waals surface area contributed by atoms with Gasteiger partial charge in [-0.25, -0.2) is 0 Å². The fourth-order valence-electron chi connectivity index (χ4n) is 2.42. The maximum Gasteiger partial charge on any atom is 0.302 e. The molecule has 0 fully saturated rings. The van der Waals surface area contributed by atoms with Crippen LogP contribution in [0.2, 0.25) is 0 Å². The van der Waals surface area contributed by atoms with Crippen molar-refractivity contribution in [2.75, 3.05) is 6.61 Å². The quantitative estimate of drug-likeness (QED) is 0.753. The van der Waals surface area contributed by atoms with Crippen molar-refractivity contribution in [3.63, 3.8) is 0 Å². The van der Waals surface area contributed by atoms with Gasteiger partial charge in [0, 0.05) is 12.8 Å². The third-order valence-corrected chi connectivity index (χ3v) is 3.19. The topological polar surface area (TPSA) is 26.3 Å². The second-order valence-corrected chi connectivity index (χ2v) is 4.22. The SMILES string of the molecule is C=CC1=C(C=C)C(COC(C)=O)c2ccccc21.CC. The summed E-state index contributed by atoms with van der Waals surface area (Å²) < 4.78 is 5.15. The van der Waals surface area contributed by atoms with Crippen LogP contribution in [0.5, 0.6) is 0 Å². The van der Waals surface area contributed by atoms with E-state index in [2.05, 4.69) is 25.3 Å². The maximum absolute atomic E-state index is 11.0. The van der Waals surface area contributed by atoms with Crippen molar-refractivity contribution in [3.8, 4) is 0 Å². The number of esters is 1. The first-order valence-corrected chi connectivity index (χ1v) is 6.90. The molecule has 0 saturated carbocycles. The lowest BCUT2D eigenvalue weighted by molar-refractivity contribution is -0.141. The van der Waals surface area contributed by atoms with Crippen LogP contribution in [-0.2, 0) is 9.53 Å². The van der Waals surface area contributed by atoms with Crippen molar-refractivity contribution in [2.24, 2.45) is 0 Å². The van der Waals surface area contributed by atoms with E-state index in [-0.39, 0.29) is 11.9 Å². The van der Waals surface area contributed by atoms with Crippen LogP contribution in [-0.4, -0.2) is 12.6 Å². The number of allylic oxidation sites excluding steroid dienone is 3. The molecule has 0 aliphatic heterocycles. The van der Waals surface area contributed by atoms with Crippen molar-refractivity contribution in [1.29, 1.82) is 0 Å². The molecule has 0 N–H and O–H groups in total. The molecule has 0 saturated heterocycles. The van der Waals surface area contributed by atoms with Gasteiger partial charge in [0.15, 0.2) is 0 Å². The van der Waals surface area contributed by atoms with E-state index in [1.165, 1.54) is 12.5 Å². The van der Waals surface area contributed by atoms with Crippen LogP contribution in [0.4, 0.5) is 0 Å². The van der Waals surface area contributed by atoms with E-state index in [0.717, 1.165) is 16.7 Å². The number of carbonyl (C=O) groups excluding carboxylic acids is 1. The van der Waals surface area contributed by atoms with Gasteiger partial charge in [-0.2, -0.15) is 0 Å². The Morgan fingerprint density at radius 1 is 1.25 bits per heavy atom. The van der Waals surface area contributed by atoms with Crippen LogP contribution in [0.3, 0.4) is 0 Å². The normalized spacial score (nSPS) is 15.8. The summed E-state index contributed by atoms with van der Waals surface area (Å²) in [7, 11) is 0. The van der Waals surface area contributed by atoms with Crippen molar-refractivity contribution in [3.05, 3.63) is 66.3 Å². The Bertz CT molecular complexity index is 538. The molecule has 0 bridgehead atoms. The Morgan fingerprint density at radius 3 is 2.45 bits per heavy atom. The molecule has 0 amide bonds. The van der Waals surface area contributed by atoms with E-state index in [4.69, 9.17) is 4.74 Å². The third kappa shape index (κ3) is 3.08. The number of hydrogen-bond donors (Lipinski definition) is 0. The lowest BCUT2D eigenvalue weighted by Crippen LogP contribution is -2.10. The summed E-state index contributed by atoms with van der Waals surface area (Å²) in [5.74, 6) is -0.196. The zero-order chi connectivity index (χ0) is 15.1. The van der Waals surface area contributed by atoms with Gasteiger partial charge in [0.05, 0.1) is 0 Å². The molecule has 1 aliphatic carbocycles. The molecule has 1 aromatic carbocycles. The first-order chi connectivity index (χ1) is 9.69. The highest BCUT2D eigenvalue weighted by atomic mass is 16.5. The van der Waals surface area contributed by atoms with E-state index in [0.29, 0.717) is 6.61 Å². The summed E-state index contributed by atoms with van der Waals surface area (Å²) in [5, 5.41) is 0. The molecule has 2 rings (SSSR count). The minimum atomic E-state index is -0.261. The van der Waals surface area contributed by atoms with Crippen LogP contribution in [0.1, 0.15) is 37.8 Å². The number of carbonyl (C=O) groups is 1. The molecule has 1 aliphatic rings. The van der Waals surface area contributed by atoms with Gasteiger partial charge in [0.2, 0.25) is 0 Å². The van der Waals surface area contributed by atoms with Crippen LogP contribution < -0.4 is 0 Å². The summed E-state index contributed by atoms with van der Waals surface area (Å²) in [6, 6.07) is 8.11. The number of ether oxygens (including phenoxy) is 1.